The number of nitrogens with one attached hydrogen (secondary N) is 1. The number of aliphatic hydroxyl groups is 2. The first kappa shape index (κ1) is 14.3. The van der Waals surface area contributed by atoms with Crippen molar-refractivity contribution in [2.24, 2.45) is 11.7 Å². The van der Waals surface area contributed by atoms with Crippen molar-refractivity contribution in [2.75, 3.05) is 13.2 Å². The van der Waals surface area contributed by atoms with E-state index >= 15 is 0 Å². The van der Waals surface area contributed by atoms with Crippen LogP contribution in [0.3, 0.4) is 0 Å². The van der Waals surface area contributed by atoms with Gasteiger partial charge in [-0.05, 0) is 12.8 Å². The molecule has 0 aromatic heterocycles. The molecule has 0 aliphatic heterocycles. The van der Waals surface area contributed by atoms with Gasteiger partial charge in [-0.1, -0.05) is 13.8 Å². The minimum absolute atomic E-state index is 0.202. The van der Waals surface area contributed by atoms with Crippen LogP contribution in [0, 0.1) is 5.92 Å². The molecule has 0 aromatic carbocycles. The molecular formula is C10H22N2O3. The Bertz CT molecular complexity index is 203. The maximum atomic E-state index is 11.5. The van der Waals surface area contributed by atoms with Crippen molar-refractivity contribution in [3.8, 4) is 0 Å². The average Bonchev–Trinajstić information content (AvgIpc) is 2.17. The van der Waals surface area contributed by atoms with E-state index < -0.39 is 5.54 Å². The van der Waals surface area contributed by atoms with E-state index in [1.54, 1.807) is 6.92 Å². The third-order valence-electron chi connectivity index (χ3n) is 2.42. The molecule has 1 atom stereocenters. The van der Waals surface area contributed by atoms with Crippen molar-refractivity contribution < 1.29 is 15.0 Å². The zero-order valence-corrected chi connectivity index (χ0v) is 9.66. The van der Waals surface area contributed by atoms with E-state index in [1.807, 2.05) is 13.8 Å². The quantitative estimate of drug-likeness (QED) is 0.470. The fourth-order valence-corrected chi connectivity index (χ4v) is 0.966. The van der Waals surface area contributed by atoms with Crippen LogP contribution >= 0.6 is 0 Å². The van der Waals surface area contributed by atoms with Gasteiger partial charge in [-0.2, -0.15) is 0 Å². The Morgan fingerprint density at radius 3 is 2.20 bits per heavy atom. The molecule has 1 unspecified atom stereocenters. The van der Waals surface area contributed by atoms with Gasteiger partial charge in [0.25, 0.3) is 0 Å². The fraction of sp³-hybridized carbons (Fsp3) is 0.900. The first-order valence-corrected chi connectivity index (χ1v) is 5.13. The van der Waals surface area contributed by atoms with Crippen molar-refractivity contribution >= 4 is 5.91 Å². The normalized spacial score (nSPS) is 14.1. The van der Waals surface area contributed by atoms with Crippen molar-refractivity contribution in [2.45, 2.75) is 38.8 Å². The largest absolute Gasteiger partial charge is 0.394 e. The van der Waals surface area contributed by atoms with Gasteiger partial charge in [-0.25, -0.2) is 0 Å². The summed E-state index contributed by atoms with van der Waals surface area (Å²) in [6, 6.07) is -0.202. The molecule has 15 heavy (non-hydrogen) atoms. The molecule has 0 fully saturated rings. The number of nitrogens with two attached hydrogens (primary N) is 1. The summed E-state index contributed by atoms with van der Waals surface area (Å²) in [5, 5.41) is 20.5. The van der Waals surface area contributed by atoms with Crippen LogP contribution in [0.4, 0.5) is 0 Å². The van der Waals surface area contributed by atoms with Gasteiger partial charge >= 0.3 is 0 Å². The van der Waals surface area contributed by atoms with Crippen molar-refractivity contribution in [3.05, 3.63) is 0 Å². The van der Waals surface area contributed by atoms with Gasteiger partial charge in [0.05, 0.1) is 18.8 Å². The Balaban J connectivity index is 4.13. The maximum absolute atomic E-state index is 11.5. The predicted molar refractivity (Wildman–Crippen MR) is 58.1 cm³/mol. The van der Waals surface area contributed by atoms with Crippen LogP contribution in [0.25, 0.3) is 0 Å². The second-order valence-corrected chi connectivity index (χ2v) is 4.54. The summed E-state index contributed by atoms with van der Waals surface area (Å²) in [5.41, 5.74) is 4.77. The summed E-state index contributed by atoms with van der Waals surface area (Å²) in [7, 11) is 0. The number of amides is 1. The highest BCUT2D eigenvalue weighted by atomic mass is 16.3. The Labute approximate surface area is 90.7 Å². The van der Waals surface area contributed by atoms with Crippen LogP contribution in [0.1, 0.15) is 27.2 Å². The molecule has 0 aliphatic carbocycles. The molecular weight excluding hydrogens is 196 g/mol. The van der Waals surface area contributed by atoms with Crippen molar-refractivity contribution in [1.82, 2.24) is 5.32 Å². The van der Waals surface area contributed by atoms with Gasteiger partial charge in [0.2, 0.25) is 5.91 Å². The smallest absolute Gasteiger partial charge is 0.222 e. The predicted octanol–water partition coefficient (Wildman–Crippen LogP) is -0.781. The molecule has 5 heteroatoms. The Hall–Kier alpha value is -0.650. The van der Waals surface area contributed by atoms with Crippen molar-refractivity contribution in [1.29, 1.82) is 0 Å². The van der Waals surface area contributed by atoms with Gasteiger partial charge in [0, 0.05) is 12.5 Å². The highest BCUT2D eigenvalue weighted by molar-refractivity contribution is 5.77. The molecule has 0 radical (unpaired) electrons. The summed E-state index contributed by atoms with van der Waals surface area (Å²) >= 11 is 0. The van der Waals surface area contributed by atoms with Gasteiger partial charge in [0.15, 0.2) is 0 Å². The summed E-state index contributed by atoms with van der Waals surface area (Å²) in [5.74, 6) is -0.0212. The molecule has 0 aliphatic rings. The second-order valence-electron chi connectivity index (χ2n) is 4.54. The highest BCUT2D eigenvalue weighted by Gasteiger charge is 2.25. The number of hydrogen-bond donors (Lipinski definition) is 4. The molecule has 5 nitrogen and oxygen atoms in total. The van der Waals surface area contributed by atoms with Gasteiger partial charge < -0.3 is 21.3 Å². The number of rotatable bonds is 6. The van der Waals surface area contributed by atoms with E-state index in [-0.39, 0.29) is 37.5 Å². The third-order valence-corrected chi connectivity index (χ3v) is 2.42. The Morgan fingerprint density at radius 1 is 1.40 bits per heavy atom. The lowest BCUT2D eigenvalue weighted by Gasteiger charge is -2.27. The van der Waals surface area contributed by atoms with Gasteiger partial charge in [0.1, 0.15) is 0 Å². The topological polar surface area (TPSA) is 95.6 Å². The Kier molecular flexibility index (Phi) is 5.79. The Morgan fingerprint density at radius 2 is 1.87 bits per heavy atom. The lowest BCUT2D eigenvalue weighted by molar-refractivity contribution is -0.124. The fourth-order valence-electron chi connectivity index (χ4n) is 0.966. The summed E-state index contributed by atoms with van der Waals surface area (Å²) < 4.78 is 0. The van der Waals surface area contributed by atoms with Gasteiger partial charge in [-0.15, -0.1) is 0 Å². The number of hydrogen-bond acceptors (Lipinski definition) is 4. The van der Waals surface area contributed by atoms with Crippen LogP contribution in [0.2, 0.25) is 0 Å². The zero-order chi connectivity index (χ0) is 12.1. The molecule has 0 heterocycles. The molecule has 0 saturated heterocycles. The summed E-state index contributed by atoms with van der Waals surface area (Å²) in [6.07, 6.45) is 0.202. The lowest BCUT2D eigenvalue weighted by Crippen LogP contribution is -2.52. The van der Waals surface area contributed by atoms with Crippen LogP contribution in [0.15, 0.2) is 0 Å². The molecule has 0 aromatic rings. The second kappa shape index (κ2) is 6.05. The number of carbonyl (C=O) groups is 1. The van der Waals surface area contributed by atoms with E-state index in [0.29, 0.717) is 0 Å². The van der Waals surface area contributed by atoms with Crippen LogP contribution in [-0.2, 0) is 4.79 Å². The first-order chi connectivity index (χ1) is 6.84. The third kappa shape index (κ3) is 5.11. The van der Waals surface area contributed by atoms with E-state index in [4.69, 9.17) is 15.9 Å². The molecule has 0 saturated carbocycles. The number of aliphatic hydroxyl groups excluding tert-OH is 2. The number of carbonyl (C=O) groups excluding carboxylic acids is 1. The van der Waals surface area contributed by atoms with Crippen LogP contribution in [0.5, 0.6) is 0 Å². The lowest BCUT2D eigenvalue weighted by atomic mass is 10.00. The summed E-state index contributed by atoms with van der Waals surface area (Å²) in [4.78, 5) is 11.5. The molecule has 0 bridgehead atoms. The standard InChI is InChI=1S/C10H22N2O3/c1-7(2)8(11)4-9(15)12-10(3,5-13)6-14/h7-8,13-14H,4-6,11H2,1-3H3,(H,12,15). The van der Waals surface area contributed by atoms with Crippen molar-refractivity contribution in [3.63, 3.8) is 0 Å². The van der Waals surface area contributed by atoms with E-state index in [9.17, 15) is 4.79 Å². The minimum Gasteiger partial charge on any atom is -0.394 e. The molecule has 90 valence electrons. The molecule has 5 N–H and O–H groups in total. The van der Waals surface area contributed by atoms with Crippen LogP contribution in [-0.4, -0.2) is 40.9 Å². The SMILES string of the molecule is CC(C)C(N)CC(=O)NC(C)(CO)CO. The first-order valence-electron chi connectivity index (χ1n) is 5.13. The van der Waals surface area contributed by atoms with E-state index in [1.165, 1.54) is 0 Å². The van der Waals surface area contributed by atoms with Crippen LogP contribution < -0.4 is 11.1 Å². The average molecular weight is 218 g/mol. The maximum Gasteiger partial charge on any atom is 0.222 e. The van der Waals surface area contributed by atoms with E-state index in [0.717, 1.165) is 0 Å². The zero-order valence-electron chi connectivity index (χ0n) is 9.66. The molecule has 0 rings (SSSR count). The minimum atomic E-state index is -0.965. The monoisotopic (exact) mass is 218 g/mol. The van der Waals surface area contributed by atoms with E-state index in [2.05, 4.69) is 5.32 Å². The summed E-state index contributed by atoms with van der Waals surface area (Å²) in [6.45, 7) is 4.86. The molecule has 0 spiro atoms. The molecule has 1 amide bonds. The van der Waals surface area contributed by atoms with Gasteiger partial charge in [-0.3, -0.25) is 4.79 Å². The highest BCUT2D eigenvalue weighted by Crippen LogP contribution is 2.05.